The number of methoxy groups -OCH3 is 1. The largest absolute Gasteiger partial charge is 0.495 e. The fourth-order valence-corrected chi connectivity index (χ4v) is 6.00. The van der Waals surface area contributed by atoms with Gasteiger partial charge in [0.1, 0.15) is 16.7 Å². The maximum absolute atomic E-state index is 13.6. The first kappa shape index (κ1) is 34.8. The molecule has 1 atom stereocenters. The zero-order valence-corrected chi connectivity index (χ0v) is 28.7. The van der Waals surface area contributed by atoms with E-state index in [9.17, 15) is 14.4 Å². The fourth-order valence-electron chi connectivity index (χ4n) is 4.81. The molecule has 0 heterocycles. The maximum Gasteiger partial charge on any atom is 0.272 e. The lowest BCUT2D eigenvalue weighted by Crippen LogP contribution is -2.30. The quantitative estimate of drug-likeness (QED) is 0.0900. The van der Waals surface area contributed by atoms with Crippen molar-refractivity contribution in [3.05, 3.63) is 155 Å². The van der Waals surface area contributed by atoms with Crippen molar-refractivity contribution in [3.63, 3.8) is 0 Å². The fraction of sp³-hybridized carbons (Fsp3) is 0.103. The first-order valence-electron chi connectivity index (χ1n) is 15.3. The van der Waals surface area contributed by atoms with Crippen LogP contribution in [-0.2, 0) is 9.59 Å². The van der Waals surface area contributed by atoms with Crippen molar-refractivity contribution in [3.8, 4) is 5.75 Å². The average molecular weight is 691 g/mol. The summed E-state index contributed by atoms with van der Waals surface area (Å²) >= 11 is 7.56. The monoisotopic (exact) mass is 690 g/mol. The van der Waals surface area contributed by atoms with Crippen LogP contribution in [0.2, 0.25) is 5.02 Å². The molecular weight excluding hydrogens is 656 g/mol. The summed E-state index contributed by atoms with van der Waals surface area (Å²) < 4.78 is 5.41. The number of hydrogen-bond donors (Lipinski definition) is 3. The number of amides is 3. The van der Waals surface area contributed by atoms with Crippen LogP contribution in [0.25, 0.3) is 6.08 Å². The Bertz CT molecular complexity index is 1930. The van der Waals surface area contributed by atoms with Crippen molar-refractivity contribution in [1.82, 2.24) is 5.32 Å². The molecule has 8 nitrogen and oxygen atoms in total. The number of anilines is 3. The zero-order valence-electron chi connectivity index (χ0n) is 27.1. The Balaban J connectivity index is 1.34. The van der Waals surface area contributed by atoms with Gasteiger partial charge >= 0.3 is 0 Å². The van der Waals surface area contributed by atoms with Gasteiger partial charge in [0, 0.05) is 41.0 Å². The van der Waals surface area contributed by atoms with Crippen LogP contribution in [0, 0.1) is 0 Å². The predicted octanol–water partition coefficient (Wildman–Crippen LogP) is 8.30. The van der Waals surface area contributed by atoms with Gasteiger partial charge in [0.2, 0.25) is 5.91 Å². The maximum atomic E-state index is 13.6. The van der Waals surface area contributed by atoms with Gasteiger partial charge in [0.25, 0.3) is 11.8 Å². The number of halogens is 1. The summed E-state index contributed by atoms with van der Waals surface area (Å²) in [6.07, 6.45) is 1.64. The number of nitrogens with zero attached hydrogens (tertiary/aromatic N) is 1. The second-order valence-corrected chi connectivity index (χ2v) is 12.7. The van der Waals surface area contributed by atoms with E-state index in [1.54, 1.807) is 60.7 Å². The van der Waals surface area contributed by atoms with E-state index in [1.165, 1.54) is 18.9 Å². The Labute approximate surface area is 295 Å². The van der Waals surface area contributed by atoms with E-state index in [-0.39, 0.29) is 11.6 Å². The van der Waals surface area contributed by atoms with Crippen molar-refractivity contribution in [2.24, 2.45) is 0 Å². The van der Waals surface area contributed by atoms with Crippen molar-refractivity contribution in [2.75, 3.05) is 36.7 Å². The second-order valence-electron chi connectivity index (χ2n) is 11.1. The molecule has 3 N–H and O–H groups in total. The third kappa shape index (κ3) is 9.53. The Morgan fingerprint density at radius 1 is 0.796 bits per heavy atom. The molecule has 0 fully saturated rings. The molecule has 5 aromatic rings. The van der Waals surface area contributed by atoms with Crippen molar-refractivity contribution in [1.29, 1.82) is 0 Å². The molecule has 3 amide bonds. The van der Waals surface area contributed by atoms with Gasteiger partial charge in [-0.2, -0.15) is 0 Å². The molecule has 0 saturated carbocycles. The third-order valence-electron chi connectivity index (χ3n) is 7.38. The number of ether oxygens (including phenoxy) is 1. The lowest BCUT2D eigenvalue weighted by atomic mass is 10.1. The molecule has 0 spiro atoms. The topological polar surface area (TPSA) is 99.8 Å². The molecule has 0 saturated heterocycles. The summed E-state index contributed by atoms with van der Waals surface area (Å²) in [5, 5.41) is 8.48. The molecule has 10 heteroatoms. The SMILES string of the molecule is COc1ccc(Cl)cc1NC(=O)C(Sc1ccc(NC(=O)/C(=C/c2ccc(N(C)C)cc2)NC(=O)c2ccccc2)cc1)c1ccccc1. The van der Waals surface area contributed by atoms with E-state index in [2.05, 4.69) is 16.0 Å². The van der Waals surface area contributed by atoms with E-state index >= 15 is 0 Å². The number of benzene rings is 5. The Morgan fingerprint density at radius 2 is 1.45 bits per heavy atom. The minimum absolute atomic E-state index is 0.0853. The molecule has 0 aliphatic carbocycles. The van der Waals surface area contributed by atoms with Gasteiger partial charge in [-0.15, -0.1) is 11.8 Å². The highest BCUT2D eigenvalue weighted by molar-refractivity contribution is 8.00. The van der Waals surface area contributed by atoms with Gasteiger partial charge in [-0.1, -0.05) is 72.3 Å². The lowest BCUT2D eigenvalue weighted by molar-refractivity contribution is -0.116. The number of thioether (sulfide) groups is 1. The first-order chi connectivity index (χ1) is 23.7. The zero-order chi connectivity index (χ0) is 34.8. The number of hydrogen-bond acceptors (Lipinski definition) is 6. The van der Waals surface area contributed by atoms with Gasteiger partial charge in [-0.05, 0) is 83.9 Å². The first-order valence-corrected chi connectivity index (χ1v) is 16.6. The van der Waals surface area contributed by atoms with Crippen LogP contribution in [0.1, 0.15) is 26.7 Å². The van der Waals surface area contributed by atoms with E-state index in [0.29, 0.717) is 27.7 Å². The third-order valence-corrected chi connectivity index (χ3v) is 8.88. The smallest absolute Gasteiger partial charge is 0.272 e. The van der Waals surface area contributed by atoms with Crippen molar-refractivity contribution in [2.45, 2.75) is 10.1 Å². The predicted molar refractivity (Wildman–Crippen MR) is 199 cm³/mol. The lowest BCUT2D eigenvalue weighted by Gasteiger charge is -2.19. The standard InChI is InChI=1S/C39H35ClN4O4S/c1-44(2)31-19-14-26(15-20-31)24-34(43-37(45)28-12-8-5-9-13-28)38(46)41-30-17-21-32(22-18-30)49-36(27-10-6-4-7-11-27)39(47)42-33-25-29(40)16-23-35(33)48-3/h4-25,36H,1-3H3,(H,41,46)(H,42,47)(H,43,45)/b34-24-. The van der Waals surface area contributed by atoms with E-state index in [1.807, 2.05) is 91.8 Å². The van der Waals surface area contributed by atoms with E-state index < -0.39 is 17.1 Å². The molecule has 0 aliphatic heterocycles. The molecule has 5 rings (SSSR count). The average Bonchev–Trinajstić information content (AvgIpc) is 3.12. The Hall–Kier alpha value is -5.51. The molecule has 0 bridgehead atoms. The molecule has 49 heavy (non-hydrogen) atoms. The van der Waals surface area contributed by atoms with Gasteiger partial charge in [0.05, 0.1) is 12.8 Å². The molecule has 0 aliphatic rings. The molecular formula is C39H35ClN4O4S. The number of carbonyl (C=O) groups excluding carboxylic acids is 3. The molecule has 0 radical (unpaired) electrons. The number of rotatable bonds is 12. The normalized spacial score (nSPS) is 11.6. The van der Waals surface area contributed by atoms with Crippen LogP contribution >= 0.6 is 23.4 Å². The minimum atomic E-state index is -0.605. The Morgan fingerprint density at radius 3 is 2.08 bits per heavy atom. The van der Waals surface area contributed by atoms with E-state index in [4.69, 9.17) is 16.3 Å². The van der Waals surface area contributed by atoms with Crippen LogP contribution in [0.4, 0.5) is 17.1 Å². The van der Waals surface area contributed by atoms with Gasteiger partial charge in [0.15, 0.2) is 0 Å². The van der Waals surface area contributed by atoms with E-state index in [0.717, 1.165) is 21.7 Å². The minimum Gasteiger partial charge on any atom is -0.495 e. The summed E-state index contributed by atoms with van der Waals surface area (Å²) in [7, 11) is 5.42. The molecule has 0 aromatic heterocycles. The second kappa shape index (κ2) is 16.5. The number of nitrogens with one attached hydrogen (secondary N) is 3. The summed E-state index contributed by atoms with van der Waals surface area (Å²) in [6, 6.07) is 38.0. The summed E-state index contributed by atoms with van der Waals surface area (Å²) in [4.78, 5) is 43.0. The van der Waals surface area contributed by atoms with Gasteiger partial charge in [-0.25, -0.2) is 0 Å². The van der Waals surface area contributed by atoms with Crippen molar-refractivity contribution >= 4 is 64.2 Å². The van der Waals surface area contributed by atoms with Crippen LogP contribution < -0.4 is 25.6 Å². The highest BCUT2D eigenvalue weighted by Crippen LogP contribution is 2.38. The molecule has 1 unspecified atom stereocenters. The summed E-state index contributed by atoms with van der Waals surface area (Å²) in [5.41, 5.74) is 4.06. The van der Waals surface area contributed by atoms with Crippen LogP contribution in [0.5, 0.6) is 5.75 Å². The molecule has 5 aromatic carbocycles. The van der Waals surface area contributed by atoms with Gasteiger partial charge < -0.3 is 25.6 Å². The van der Waals surface area contributed by atoms with Crippen LogP contribution in [-0.4, -0.2) is 38.9 Å². The Kier molecular flexibility index (Phi) is 11.8. The highest BCUT2D eigenvalue weighted by atomic mass is 35.5. The van der Waals surface area contributed by atoms with Crippen LogP contribution in [0.3, 0.4) is 0 Å². The highest BCUT2D eigenvalue weighted by Gasteiger charge is 2.24. The van der Waals surface area contributed by atoms with Crippen LogP contribution in [0.15, 0.2) is 138 Å². The number of carbonyl (C=O) groups is 3. The summed E-state index contributed by atoms with van der Waals surface area (Å²) in [5.74, 6) is -0.650. The molecule has 248 valence electrons. The van der Waals surface area contributed by atoms with Crippen molar-refractivity contribution < 1.29 is 19.1 Å². The summed E-state index contributed by atoms with van der Waals surface area (Å²) in [6.45, 7) is 0. The van der Waals surface area contributed by atoms with Gasteiger partial charge in [-0.3, -0.25) is 14.4 Å².